The SMILES string of the molecule is CC(C)(C)OC(=O)[N+]1(C(=O)N[C@H](CCC2CCCCC2)C(=S)NCc2cnccc2Oc2ccccc2)CCSC1. The van der Waals surface area contributed by atoms with E-state index in [4.69, 9.17) is 21.7 Å². The summed E-state index contributed by atoms with van der Waals surface area (Å²) in [5.41, 5.74) is 0.167. The van der Waals surface area contributed by atoms with E-state index in [-0.39, 0.29) is 10.5 Å². The molecule has 4 rings (SSSR count). The zero-order chi connectivity index (χ0) is 29.3. The van der Waals surface area contributed by atoms with Gasteiger partial charge in [0, 0.05) is 30.3 Å². The summed E-state index contributed by atoms with van der Waals surface area (Å²) in [4.78, 5) is 31.9. The molecular formula is C31H43N4O4S2+. The lowest BCUT2D eigenvalue weighted by Gasteiger charge is -2.32. The lowest BCUT2D eigenvalue weighted by Crippen LogP contribution is -2.63. The third kappa shape index (κ3) is 8.90. The number of quaternary nitrogens is 1. The fourth-order valence-corrected chi connectivity index (χ4v) is 6.71. The Labute approximate surface area is 253 Å². The fourth-order valence-electron chi connectivity index (χ4n) is 5.23. The summed E-state index contributed by atoms with van der Waals surface area (Å²) in [6.45, 7) is 6.26. The van der Waals surface area contributed by atoms with Gasteiger partial charge in [-0.15, -0.1) is 4.48 Å². The molecule has 1 saturated carbocycles. The Morgan fingerprint density at radius 1 is 1.15 bits per heavy atom. The first kappa shape index (κ1) is 31.3. The molecular weight excluding hydrogens is 556 g/mol. The molecule has 0 spiro atoms. The number of aromatic nitrogens is 1. The molecule has 2 heterocycles. The number of amides is 3. The zero-order valence-corrected chi connectivity index (χ0v) is 26.0. The number of thiocarbonyl (C=S) groups is 1. The van der Waals surface area contributed by atoms with Gasteiger partial charge in [-0.2, -0.15) is 4.79 Å². The van der Waals surface area contributed by atoms with Crippen LogP contribution in [0.2, 0.25) is 0 Å². The van der Waals surface area contributed by atoms with Gasteiger partial charge in [-0.1, -0.05) is 74.3 Å². The van der Waals surface area contributed by atoms with Crippen LogP contribution in [0.4, 0.5) is 9.59 Å². The van der Waals surface area contributed by atoms with Gasteiger partial charge in [0.1, 0.15) is 29.5 Å². The standard InChI is InChI=1S/C31H42N4O4S2/c1-31(2,3)39-30(37)35(18-19-41-22-35)29(36)34-26(15-14-23-10-6-4-7-11-23)28(40)33-21-24-20-32-17-16-27(24)38-25-12-8-5-9-13-25/h5,8-9,12-13,16-17,20,23,26H,4,6-7,10-11,14-15,18-19,21-22H2,1-3H3,(H-,33,34,36,40)/p+1/t26-,35?/m1/s1. The first-order valence-electron chi connectivity index (χ1n) is 14.6. The Hall–Kier alpha value is -2.69. The highest BCUT2D eigenvalue weighted by atomic mass is 32.2. The van der Waals surface area contributed by atoms with Crippen LogP contribution in [0.1, 0.15) is 71.3 Å². The molecule has 2 aromatic rings. The van der Waals surface area contributed by atoms with E-state index in [9.17, 15) is 9.59 Å². The molecule has 2 aliphatic rings. The second-order valence-corrected chi connectivity index (χ2v) is 13.4. The highest BCUT2D eigenvalue weighted by molar-refractivity contribution is 7.99. The van der Waals surface area contributed by atoms with Crippen LogP contribution in [-0.2, 0) is 11.3 Å². The molecule has 1 aromatic carbocycles. The highest BCUT2D eigenvalue weighted by Crippen LogP contribution is 2.30. The normalized spacial score (nSPS) is 20.2. The first-order valence-corrected chi connectivity index (χ1v) is 16.2. The van der Waals surface area contributed by atoms with Crippen molar-refractivity contribution in [1.29, 1.82) is 0 Å². The van der Waals surface area contributed by atoms with Crippen molar-refractivity contribution >= 4 is 41.1 Å². The van der Waals surface area contributed by atoms with Gasteiger partial charge in [0.05, 0.1) is 11.0 Å². The minimum Gasteiger partial charge on any atom is -0.457 e. The van der Waals surface area contributed by atoms with Crippen molar-refractivity contribution in [2.24, 2.45) is 5.92 Å². The van der Waals surface area contributed by atoms with Crippen LogP contribution in [0.25, 0.3) is 0 Å². The molecule has 1 saturated heterocycles. The van der Waals surface area contributed by atoms with E-state index in [0.717, 1.165) is 17.7 Å². The number of nitrogens with zero attached hydrogens (tertiary/aromatic N) is 2. The molecule has 10 heteroatoms. The Bertz CT molecular complexity index is 1180. The molecule has 41 heavy (non-hydrogen) atoms. The summed E-state index contributed by atoms with van der Waals surface area (Å²) in [5, 5.41) is 6.52. The number of hydrogen-bond acceptors (Lipinski definition) is 7. The number of imide groups is 1. The van der Waals surface area contributed by atoms with Crippen LogP contribution in [0.15, 0.2) is 48.8 Å². The molecule has 2 N–H and O–H groups in total. The molecule has 222 valence electrons. The van der Waals surface area contributed by atoms with Crippen molar-refractivity contribution in [3.63, 3.8) is 0 Å². The van der Waals surface area contributed by atoms with E-state index in [1.165, 1.54) is 32.1 Å². The van der Waals surface area contributed by atoms with Crippen LogP contribution < -0.4 is 15.4 Å². The number of para-hydroxylation sites is 1. The van der Waals surface area contributed by atoms with E-state index in [0.29, 0.717) is 47.8 Å². The number of benzene rings is 1. The van der Waals surface area contributed by atoms with E-state index in [1.54, 1.807) is 24.2 Å². The number of rotatable bonds is 9. The molecule has 2 atom stereocenters. The second-order valence-electron chi connectivity index (χ2n) is 11.9. The van der Waals surface area contributed by atoms with Crippen molar-refractivity contribution in [2.45, 2.75) is 83.9 Å². The summed E-state index contributed by atoms with van der Waals surface area (Å²) in [5.74, 6) is 3.12. The highest BCUT2D eigenvalue weighted by Gasteiger charge is 2.51. The number of hydrogen-bond donors (Lipinski definition) is 2. The summed E-state index contributed by atoms with van der Waals surface area (Å²) in [6.07, 6.45) is 10.9. The predicted octanol–water partition coefficient (Wildman–Crippen LogP) is 7.19. The van der Waals surface area contributed by atoms with Crippen LogP contribution >= 0.6 is 24.0 Å². The minimum atomic E-state index is -0.684. The first-order chi connectivity index (χ1) is 19.7. The lowest BCUT2D eigenvalue weighted by atomic mass is 9.85. The average molecular weight is 600 g/mol. The van der Waals surface area contributed by atoms with Gasteiger partial charge in [-0.3, -0.25) is 10.3 Å². The van der Waals surface area contributed by atoms with E-state index < -0.39 is 17.7 Å². The summed E-state index contributed by atoms with van der Waals surface area (Å²) < 4.78 is 11.4. The maximum Gasteiger partial charge on any atom is 0.526 e. The van der Waals surface area contributed by atoms with Gasteiger partial charge in [0.15, 0.2) is 0 Å². The number of nitrogens with one attached hydrogen (secondary N) is 2. The van der Waals surface area contributed by atoms with Crippen LogP contribution in [0, 0.1) is 5.92 Å². The minimum absolute atomic E-state index is 0.350. The van der Waals surface area contributed by atoms with Gasteiger partial charge in [0.25, 0.3) is 0 Å². The van der Waals surface area contributed by atoms with Crippen LogP contribution in [-0.4, -0.2) is 56.4 Å². The number of thioether (sulfide) groups is 1. The second kappa shape index (κ2) is 14.5. The Kier molecular flexibility index (Phi) is 11.0. The number of ether oxygens (including phenoxy) is 2. The Balaban J connectivity index is 1.47. The summed E-state index contributed by atoms with van der Waals surface area (Å²) in [6, 6.07) is 10.7. The van der Waals surface area contributed by atoms with E-state index >= 15 is 0 Å². The van der Waals surface area contributed by atoms with Crippen molar-refractivity contribution in [2.75, 3.05) is 18.2 Å². The topological polar surface area (TPSA) is 89.6 Å². The zero-order valence-electron chi connectivity index (χ0n) is 24.4. The van der Waals surface area contributed by atoms with Gasteiger partial charge in [0.2, 0.25) is 0 Å². The largest absolute Gasteiger partial charge is 0.526 e. The number of carbonyl (C=O) groups is 2. The van der Waals surface area contributed by atoms with Crippen molar-refractivity contribution in [1.82, 2.24) is 15.6 Å². The molecule has 1 unspecified atom stereocenters. The fraction of sp³-hybridized carbons (Fsp3) is 0.548. The summed E-state index contributed by atoms with van der Waals surface area (Å²) in [7, 11) is 0. The molecule has 1 aliphatic heterocycles. The van der Waals surface area contributed by atoms with E-state index in [1.807, 2.05) is 57.2 Å². The maximum absolute atomic E-state index is 13.8. The molecule has 0 bridgehead atoms. The molecule has 8 nitrogen and oxygen atoms in total. The van der Waals surface area contributed by atoms with Crippen molar-refractivity contribution < 1.29 is 23.5 Å². The molecule has 2 fully saturated rings. The van der Waals surface area contributed by atoms with Crippen LogP contribution in [0.5, 0.6) is 11.5 Å². The molecule has 3 amide bonds. The monoisotopic (exact) mass is 599 g/mol. The molecule has 1 aromatic heterocycles. The van der Waals surface area contributed by atoms with Crippen LogP contribution in [0.3, 0.4) is 0 Å². The maximum atomic E-state index is 13.8. The average Bonchev–Trinajstić information content (AvgIpc) is 3.46. The number of carbonyl (C=O) groups excluding carboxylic acids is 2. The van der Waals surface area contributed by atoms with Gasteiger partial charge >= 0.3 is 12.1 Å². The van der Waals surface area contributed by atoms with Crippen molar-refractivity contribution in [3.8, 4) is 11.5 Å². The van der Waals surface area contributed by atoms with Crippen molar-refractivity contribution in [3.05, 3.63) is 54.4 Å². The van der Waals surface area contributed by atoms with E-state index in [2.05, 4.69) is 15.6 Å². The summed E-state index contributed by atoms with van der Waals surface area (Å²) >= 11 is 7.47. The third-order valence-electron chi connectivity index (χ3n) is 7.55. The predicted molar refractivity (Wildman–Crippen MR) is 167 cm³/mol. The molecule has 0 radical (unpaired) electrons. The van der Waals surface area contributed by atoms with Gasteiger partial charge in [-0.05, 0) is 57.7 Å². The quantitative estimate of drug-likeness (QED) is 0.231. The number of urea groups is 1. The Morgan fingerprint density at radius 3 is 2.59 bits per heavy atom. The smallest absolute Gasteiger partial charge is 0.457 e. The van der Waals surface area contributed by atoms with Gasteiger partial charge in [-0.25, -0.2) is 4.79 Å². The van der Waals surface area contributed by atoms with Gasteiger partial charge < -0.3 is 14.8 Å². The molecule has 1 aliphatic carbocycles. The number of pyridine rings is 1. The lowest BCUT2D eigenvalue weighted by molar-refractivity contribution is -0.756. The third-order valence-corrected chi connectivity index (χ3v) is 9.07. The Morgan fingerprint density at radius 2 is 1.90 bits per heavy atom.